The fraction of sp³-hybridized carbons (Fsp3) is 0.909. The maximum atomic E-state index is 5.76. The predicted octanol–water partition coefficient (Wildman–Crippen LogP) is 0.352. The van der Waals surface area contributed by atoms with Gasteiger partial charge in [-0.1, -0.05) is 13.8 Å². The first kappa shape index (κ1) is 13.3. The minimum atomic E-state index is -0.274. The molecule has 3 N–H and O–H groups in total. The number of aliphatic imine (C=N–C) groups is 1. The summed E-state index contributed by atoms with van der Waals surface area (Å²) in [7, 11) is 1.70. The molecule has 0 amide bonds. The molecule has 0 aromatic carbocycles. The van der Waals surface area contributed by atoms with Crippen LogP contribution in [0.1, 0.15) is 20.3 Å². The van der Waals surface area contributed by atoms with E-state index < -0.39 is 0 Å². The Labute approximate surface area is 97.4 Å². The van der Waals surface area contributed by atoms with Gasteiger partial charge in [0.25, 0.3) is 0 Å². The summed E-state index contributed by atoms with van der Waals surface area (Å²) in [4.78, 5) is 4.30. The summed E-state index contributed by atoms with van der Waals surface area (Å²) < 4.78 is 10.8. The second kappa shape index (κ2) is 6.06. The Balaban J connectivity index is 2.38. The third kappa shape index (κ3) is 3.98. The second-order valence-corrected chi connectivity index (χ2v) is 4.67. The normalized spacial score (nSPS) is 26.4. The summed E-state index contributed by atoms with van der Waals surface area (Å²) in [5.74, 6) is 1.04. The molecule has 1 heterocycles. The zero-order chi connectivity index (χ0) is 12.0. The first-order valence-electron chi connectivity index (χ1n) is 5.75. The number of hydrogen-bond donors (Lipinski definition) is 2. The van der Waals surface area contributed by atoms with E-state index in [-0.39, 0.29) is 5.60 Å². The van der Waals surface area contributed by atoms with Crippen molar-refractivity contribution in [2.45, 2.75) is 25.9 Å². The van der Waals surface area contributed by atoms with Gasteiger partial charge in [0.1, 0.15) is 5.60 Å². The number of nitrogens with zero attached hydrogens (tertiary/aromatic N) is 1. The second-order valence-electron chi connectivity index (χ2n) is 4.67. The van der Waals surface area contributed by atoms with Gasteiger partial charge in [-0.2, -0.15) is 0 Å². The fourth-order valence-electron chi connectivity index (χ4n) is 1.53. The van der Waals surface area contributed by atoms with Crippen molar-refractivity contribution in [1.82, 2.24) is 5.32 Å². The van der Waals surface area contributed by atoms with Crippen LogP contribution in [-0.2, 0) is 9.47 Å². The molecule has 16 heavy (non-hydrogen) atoms. The van der Waals surface area contributed by atoms with Crippen LogP contribution in [0.25, 0.3) is 0 Å². The van der Waals surface area contributed by atoms with Gasteiger partial charge in [-0.3, -0.25) is 4.99 Å². The van der Waals surface area contributed by atoms with Crippen LogP contribution in [0.15, 0.2) is 4.99 Å². The lowest BCUT2D eigenvalue weighted by atomic mass is 10.0. The Morgan fingerprint density at radius 1 is 1.62 bits per heavy atom. The molecule has 1 unspecified atom stereocenters. The molecule has 1 aliphatic heterocycles. The van der Waals surface area contributed by atoms with Gasteiger partial charge >= 0.3 is 0 Å². The molecule has 1 saturated heterocycles. The first-order chi connectivity index (χ1) is 7.58. The summed E-state index contributed by atoms with van der Waals surface area (Å²) >= 11 is 0. The van der Waals surface area contributed by atoms with Crippen molar-refractivity contribution in [2.24, 2.45) is 16.6 Å². The van der Waals surface area contributed by atoms with Crippen molar-refractivity contribution < 1.29 is 9.47 Å². The highest BCUT2D eigenvalue weighted by Crippen LogP contribution is 2.22. The van der Waals surface area contributed by atoms with Crippen LogP contribution in [0.2, 0.25) is 0 Å². The molecule has 1 aliphatic rings. The molecule has 5 nitrogen and oxygen atoms in total. The topological polar surface area (TPSA) is 68.9 Å². The molecule has 0 saturated carbocycles. The lowest BCUT2D eigenvalue weighted by molar-refractivity contribution is -0.00905. The average molecular weight is 229 g/mol. The van der Waals surface area contributed by atoms with Crippen LogP contribution < -0.4 is 11.1 Å². The molecule has 1 atom stereocenters. The summed E-state index contributed by atoms with van der Waals surface area (Å²) in [6.45, 7) is 6.99. The third-order valence-corrected chi connectivity index (χ3v) is 2.73. The number of hydrogen-bond acceptors (Lipinski definition) is 3. The van der Waals surface area contributed by atoms with Gasteiger partial charge in [-0.25, -0.2) is 0 Å². The third-order valence-electron chi connectivity index (χ3n) is 2.73. The maximum Gasteiger partial charge on any atom is 0.188 e. The van der Waals surface area contributed by atoms with E-state index in [4.69, 9.17) is 15.2 Å². The van der Waals surface area contributed by atoms with Crippen molar-refractivity contribution in [3.63, 3.8) is 0 Å². The Kier molecular flexibility index (Phi) is 5.02. The van der Waals surface area contributed by atoms with Gasteiger partial charge in [0.05, 0.1) is 13.2 Å². The lowest BCUT2D eigenvalue weighted by Crippen LogP contribution is -2.39. The molecule has 0 aliphatic carbocycles. The van der Waals surface area contributed by atoms with Crippen molar-refractivity contribution in [3.8, 4) is 0 Å². The molecule has 0 aromatic rings. The number of rotatable bonds is 5. The van der Waals surface area contributed by atoms with Crippen molar-refractivity contribution >= 4 is 5.96 Å². The Hall–Kier alpha value is -0.810. The van der Waals surface area contributed by atoms with Crippen molar-refractivity contribution in [2.75, 3.05) is 33.4 Å². The van der Waals surface area contributed by atoms with Crippen LogP contribution in [0, 0.1) is 5.92 Å². The molecule has 0 spiro atoms. The smallest absolute Gasteiger partial charge is 0.188 e. The molecule has 0 aromatic heterocycles. The number of guanidine groups is 1. The highest BCUT2D eigenvalue weighted by molar-refractivity contribution is 5.77. The van der Waals surface area contributed by atoms with Crippen molar-refractivity contribution in [3.05, 3.63) is 0 Å². The van der Waals surface area contributed by atoms with E-state index in [0.29, 0.717) is 25.0 Å². The van der Waals surface area contributed by atoms with E-state index in [0.717, 1.165) is 19.6 Å². The van der Waals surface area contributed by atoms with Gasteiger partial charge in [0.2, 0.25) is 0 Å². The quantitative estimate of drug-likeness (QED) is 0.527. The van der Waals surface area contributed by atoms with E-state index in [1.807, 2.05) is 0 Å². The number of methoxy groups -OCH3 is 1. The highest BCUT2D eigenvalue weighted by atomic mass is 16.5. The zero-order valence-corrected chi connectivity index (χ0v) is 10.5. The van der Waals surface area contributed by atoms with Crippen molar-refractivity contribution in [1.29, 1.82) is 0 Å². The van der Waals surface area contributed by atoms with Crippen LogP contribution in [0.3, 0.4) is 0 Å². The van der Waals surface area contributed by atoms with Crippen LogP contribution in [0.4, 0.5) is 0 Å². The SMILES string of the molecule is COC1(CN=C(N)NCC(C)C)CCOC1. The fourth-order valence-corrected chi connectivity index (χ4v) is 1.53. The summed E-state index contributed by atoms with van der Waals surface area (Å²) in [6, 6.07) is 0. The van der Waals surface area contributed by atoms with Gasteiger partial charge < -0.3 is 20.5 Å². The molecular formula is C11H23N3O2. The van der Waals surface area contributed by atoms with Gasteiger partial charge in [0, 0.05) is 26.7 Å². The first-order valence-corrected chi connectivity index (χ1v) is 5.75. The van der Waals surface area contributed by atoms with Crippen LogP contribution in [0.5, 0.6) is 0 Å². The van der Waals surface area contributed by atoms with E-state index in [9.17, 15) is 0 Å². The minimum Gasteiger partial charge on any atom is -0.378 e. The Morgan fingerprint density at radius 3 is 2.88 bits per heavy atom. The maximum absolute atomic E-state index is 5.76. The Bertz CT molecular complexity index is 235. The largest absolute Gasteiger partial charge is 0.378 e. The van der Waals surface area contributed by atoms with Crippen LogP contribution in [-0.4, -0.2) is 45.0 Å². The number of nitrogens with two attached hydrogens (primary N) is 1. The molecule has 0 bridgehead atoms. The average Bonchev–Trinajstić information content (AvgIpc) is 2.73. The van der Waals surface area contributed by atoms with Gasteiger partial charge in [0.15, 0.2) is 5.96 Å². The van der Waals surface area contributed by atoms with E-state index in [1.54, 1.807) is 7.11 Å². The van der Waals surface area contributed by atoms with Gasteiger partial charge in [-0.15, -0.1) is 0 Å². The molecule has 1 fully saturated rings. The molecular weight excluding hydrogens is 206 g/mol. The highest BCUT2D eigenvalue weighted by Gasteiger charge is 2.34. The zero-order valence-electron chi connectivity index (χ0n) is 10.5. The van der Waals surface area contributed by atoms with E-state index in [2.05, 4.69) is 24.2 Å². The lowest BCUT2D eigenvalue weighted by Gasteiger charge is -2.23. The predicted molar refractivity (Wildman–Crippen MR) is 64.5 cm³/mol. The summed E-state index contributed by atoms with van der Waals surface area (Å²) in [5.41, 5.74) is 5.48. The molecule has 94 valence electrons. The molecule has 1 rings (SSSR count). The Morgan fingerprint density at radius 2 is 2.38 bits per heavy atom. The van der Waals surface area contributed by atoms with Gasteiger partial charge in [-0.05, 0) is 5.92 Å². The van der Waals surface area contributed by atoms with E-state index >= 15 is 0 Å². The number of ether oxygens (including phenoxy) is 2. The standard InChI is InChI=1S/C11H23N3O2/c1-9(2)6-13-10(12)14-7-11(15-3)4-5-16-8-11/h9H,4-8H2,1-3H3,(H3,12,13,14). The molecule has 5 heteroatoms. The van der Waals surface area contributed by atoms with E-state index in [1.165, 1.54) is 0 Å². The molecule has 0 radical (unpaired) electrons. The monoisotopic (exact) mass is 229 g/mol. The minimum absolute atomic E-state index is 0.274. The summed E-state index contributed by atoms with van der Waals surface area (Å²) in [6.07, 6.45) is 0.879. The summed E-state index contributed by atoms with van der Waals surface area (Å²) in [5, 5.41) is 3.08. The van der Waals surface area contributed by atoms with Crippen LogP contribution >= 0.6 is 0 Å². The number of nitrogens with one attached hydrogen (secondary N) is 1.